The van der Waals surface area contributed by atoms with Crippen LogP contribution in [0.1, 0.15) is 25.7 Å². The second-order valence-electron chi connectivity index (χ2n) is 6.81. The molecule has 2 atom stereocenters. The van der Waals surface area contributed by atoms with E-state index >= 15 is 0 Å². The zero-order valence-corrected chi connectivity index (χ0v) is 14.5. The van der Waals surface area contributed by atoms with Gasteiger partial charge in [-0.2, -0.15) is 0 Å². The molecule has 128 valence electrons. The fourth-order valence-electron chi connectivity index (χ4n) is 3.58. The molecule has 0 aromatic carbocycles. The molecule has 0 spiro atoms. The van der Waals surface area contributed by atoms with Crippen molar-refractivity contribution in [2.24, 2.45) is 17.6 Å². The van der Waals surface area contributed by atoms with Crippen LogP contribution in [0.5, 0.6) is 0 Å². The van der Waals surface area contributed by atoms with Gasteiger partial charge in [-0.3, -0.25) is 4.79 Å². The summed E-state index contributed by atoms with van der Waals surface area (Å²) in [6.45, 7) is 2.19. The van der Waals surface area contributed by atoms with Crippen molar-refractivity contribution in [1.82, 2.24) is 15.3 Å². The third kappa shape index (κ3) is 3.10. The summed E-state index contributed by atoms with van der Waals surface area (Å²) in [7, 11) is 0. The van der Waals surface area contributed by atoms with Crippen LogP contribution in [0.4, 0.5) is 5.82 Å². The topological polar surface area (TPSA) is 84.1 Å². The van der Waals surface area contributed by atoms with Gasteiger partial charge < -0.3 is 16.0 Å². The largest absolute Gasteiger partial charge is 0.355 e. The molecule has 1 saturated heterocycles. The standard InChI is InChI=1S/C17H23N5OS/c18-8-14(11-3-4-11)21-16(23)12-2-1-6-22(9-12)15-13-5-7-24-17(13)20-10-19-15/h5,7,10-12,14H,1-4,6,8-9,18H2,(H,21,23). The van der Waals surface area contributed by atoms with Crippen molar-refractivity contribution in [3.05, 3.63) is 17.8 Å². The number of amides is 1. The van der Waals surface area contributed by atoms with E-state index in [1.807, 2.05) is 5.38 Å². The summed E-state index contributed by atoms with van der Waals surface area (Å²) < 4.78 is 0. The van der Waals surface area contributed by atoms with Crippen molar-refractivity contribution in [2.75, 3.05) is 24.5 Å². The monoisotopic (exact) mass is 345 g/mol. The van der Waals surface area contributed by atoms with Crippen LogP contribution >= 0.6 is 11.3 Å². The van der Waals surface area contributed by atoms with E-state index in [-0.39, 0.29) is 17.9 Å². The molecular weight excluding hydrogens is 322 g/mol. The van der Waals surface area contributed by atoms with Gasteiger partial charge in [0.15, 0.2) is 0 Å². The molecule has 1 aliphatic heterocycles. The zero-order chi connectivity index (χ0) is 16.5. The Morgan fingerprint density at radius 2 is 2.29 bits per heavy atom. The maximum Gasteiger partial charge on any atom is 0.225 e. The minimum atomic E-state index is 0.00945. The molecule has 3 N–H and O–H groups in total. The van der Waals surface area contributed by atoms with Crippen molar-refractivity contribution in [3.63, 3.8) is 0 Å². The predicted octanol–water partition coefficient (Wildman–Crippen LogP) is 1.76. The van der Waals surface area contributed by atoms with Gasteiger partial charge in [0.05, 0.1) is 11.3 Å². The molecule has 4 rings (SSSR count). The van der Waals surface area contributed by atoms with E-state index in [4.69, 9.17) is 5.73 Å². The number of carbonyl (C=O) groups excluding carboxylic acids is 1. The summed E-state index contributed by atoms with van der Waals surface area (Å²) in [6, 6.07) is 2.21. The maximum absolute atomic E-state index is 12.7. The average Bonchev–Trinajstić information content (AvgIpc) is 3.35. The fraction of sp³-hybridized carbons (Fsp3) is 0.588. The van der Waals surface area contributed by atoms with E-state index in [9.17, 15) is 4.79 Å². The van der Waals surface area contributed by atoms with E-state index in [0.717, 1.165) is 42.0 Å². The van der Waals surface area contributed by atoms with Crippen LogP contribution in [0.3, 0.4) is 0 Å². The Labute approximate surface area is 145 Å². The van der Waals surface area contributed by atoms with E-state index in [2.05, 4.69) is 26.3 Å². The summed E-state index contributed by atoms with van der Waals surface area (Å²) in [6.07, 6.45) is 5.94. The fourth-order valence-corrected chi connectivity index (χ4v) is 4.31. The van der Waals surface area contributed by atoms with Crippen molar-refractivity contribution in [2.45, 2.75) is 31.7 Å². The lowest BCUT2D eigenvalue weighted by atomic mass is 9.96. The first kappa shape index (κ1) is 15.8. The van der Waals surface area contributed by atoms with Gasteiger partial charge in [0.25, 0.3) is 0 Å². The number of nitrogens with one attached hydrogen (secondary N) is 1. The smallest absolute Gasteiger partial charge is 0.225 e. The Balaban J connectivity index is 1.47. The van der Waals surface area contributed by atoms with Crippen LogP contribution in [-0.2, 0) is 4.79 Å². The lowest BCUT2D eigenvalue weighted by Crippen LogP contribution is -2.48. The van der Waals surface area contributed by atoms with Gasteiger partial charge in [-0.25, -0.2) is 9.97 Å². The van der Waals surface area contributed by atoms with Crippen molar-refractivity contribution >= 4 is 33.3 Å². The number of rotatable bonds is 5. The van der Waals surface area contributed by atoms with E-state index < -0.39 is 0 Å². The normalized spacial score (nSPS) is 22.5. The van der Waals surface area contributed by atoms with Gasteiger partial charge >= 0.3 is 0 Å². The van der Waals surface area contributed by atoms with Crippen LogP contribution in [0, 0.1) is 11.8 Å². The van der Waals surface area contributed by atoms with Crippen LogP contribution in [0.25, 0.3) is 10.2 Å². The van der Waals surface area contributed by atoms with E-state index in [1.165, 1.54) is 12.8 Å². The Hall–Kier alpha value is -1.73. The first-order valence-electron chi connectivity index (χ1n) is 8.70. The second-order valence-corrected chi connectivity index (χ2v) is 7.70. The van der Waals surface area contributed by atoms with E-state index in [0.29, 0.717) is 12.5 Å². The summed E-state index contributed by atoms with van der Waals surface area (Å²) in [4.78, 5) is 24.7. The number of hydrogen-bond acceptors (Lipinski definition) is 6. The van der Waals surface area contributed by atoms with Gasteiger partial charge in [-0.05, 0) is 43.0 Å². The highest BCUT2D eigenvalue weighted by Crippen LogP contribution is 2.33. The quantitative estimate of drug-likeness (QED) is 0.863. The van der Waals surface area contributed by atoms with E-state index in [1.54, 1.807) is 17.7 Å². The SMILES string of the molecule is NCC(NC(=O)C1CCCN(c2ncnc3sccc23)C1)C1CC1. The molecule has 3 heterocycles. The number of nitrogens with two attached hydrogens (primary N) is 1. The Morgan fingerprint density at radius 3 is 3.08 bits per heavy atom. The average molecular weight is 345 g/mol. The van der Waals surface area contributed by atoms with Crippen molar-refractivity contribution in [3.8, 4) is 0 Å². The van der Waals surface area contributed by atoms with Crippen LogP contribution in [-0.4, -0.2) is 41.6 Å². The van der Waals surface area contributed by atoms with Crippen molar-refractivity contribution < 1.29 is 4.79 Å². The zero-order valence-electron chi connectivity index (χ0n) is 13.6. The first-order valence-corrected chi connectivity index (χ1v) is 9.58. The number of carbonyl (C=O) groups is 1. The van der Waals surface area contributed by atoms with Gasteiger partial charge in [0, 0.05) is 25.7 Å². The summed E-state index contributed by atoms with van der Waals surface area (Å²) in [5.41, 5.74) is 5.82. The lowest BCUT2D eigenvalue weighted by Gasteiger charge is -2.33. The molecule has 7 heteroatoms. The molecule has 2 aromatic rings. The predicted molar refractivity (Wildman–Crippen MR) is 96.1 cm³/mol. The number of thiophene rings is 1. The molecule has 2 unspecified atom stereocenters. The van der Waals surface area contributed by atoms with Gasteiger partial charge in [0.1, 0.15) is 17.0 Å². The number of fused-ring (bicyclic) bond motifs is 1. The number of nitrogens with zero attached hydrogens (tertiary/aromatic N) is 3. The maximum atomic E-state index is 12.7. The Morgan fingerprint density at radius 1 is 1.42 bits per heavy atom. The number of piperidine rings is 1. The van der Waals surface area contributed by atoms with Gasteiger partial charge in [0.2, 0.25) is 5.91 Å². The summed E-state index contributed by atoms with van der Waals surface area (Å²) in [5.74, 6) is 1.70. The molecule has 6 nitrogen and oxygen atoms in total. The minimum Gasteiger partial charge on any atom is -0.355 e. The Kier molecular flexibility index (Phi) is 4.37. The molecule has 2 fully saturated rings. The third-order valence-electron chi connectivity index (χ3n) is 5.11. The highest BCUT2D eigenvalue weighted by molar-refractivity contribution is 7.16. The number of anilines is 1. The molecule has 24 heavy (non-hydrogen) atoms. The molecule has 1 aliphatic carbocycles. The first-order chi connectivity index (χ1) is 11.8. The Bertz CT molecular complexity index is 729. The molecule has 1 saturated carbocycles. The molecule has 0 radical (unpaired) electrons. The van der Waals surface area contributed by atoms with Crippen LogP contribution < -0.4 is 16.0 Å². The van der Waals surface area contributed by atoms with Crippen LogP contribution in [0.2, 0.25) is 0 Å². The summed E-state index contributed by atoms with van der Waals surface area (Å²) in [5, 5.41) is 6.31. The molecule has 2 aromatic heterocycles. The molecule has 2 aliphatic rings. The molecule has 1 amide bonds. The van der Waals surface area contributed by atoms with Gasteiger partial charge in [-0.1, -0.05) is 0 Å². The van der Waals surface area contributed by atoms with Crippen LogP contribution in [0.15, 0.2) is 17.8 Å². The number of hydrogen-bond donors (Lipinski definition) is 2. The van der Waals surface area contributed by atoms with Gasteiger partial charge in [-0.15, -0.1) is 11.3 Å². The summed E-state index contributed by atoms with van der Waals surface area (Å²) >= 11 is 1.62. The second kappa shape index (κ2) is 6.64. The molecule has 0 bridgehead atoms. The lowest BCUT2D eigenvalue weighted by molar-refractivity contribution is -0.126. The third-order valence-corrected chi connectivity index (χ3v) is 5.93. The van der Waals surface area contributed by atoms with Crippen molar-refractivity contribution in [1.29, 1.82) is 0 Å². The number of aromatic nitrogens is 2. The molecular formula is C17H23N5OS. The minimum absolute atomic E-state index is 0.00945. The highest BCUT2D eigenvalue weighted by atomic mass is 32.1. The highest BCUT2D eigenvalue weighted by Gasteiger charge is 2.34.